The average Bonchev–Trinajstić information content (AvgIpc) is 2.22. The van der Waals surface area contributed by atoms with Crippen molar-refractivity contribution in [3.63, 3.8) is 0 Å². The Morgan fingerprint density at radius 2 is 2.06 bits per heavy atom. The minimum Gasteiger partial charge on any atom is -0.505 e. The van der Waals surface area contributed by atoms with Gasteiger partial charge in [-0.25, -0.2) is 0 Å². The zero-order valence-corrected chi connectivity index (χ0v) is 12.0. The Kier molecular flexibility index (Phi) is 4.79. The molecule has 0 unspecified atom stereocenters. The minimum absolute atomic E-state index is 0.135. The van der Waals surface area contributed by atoms with Crippen molar-refractivity contribution in [2.45, 2.75) is 13.8 Å². The van der Waals surface area contributed by atoms with Crippen molar-refractivity contribution >= 4 is 31.8 Å². The van der Waals surface area contributed by atoms with Crippen molar-refractivity contribution in [2.75, 3.05) is 11.3 Å². The number of hydrogen-bond donors (Lipinski definition) is 3. The lowest BCUT2D eigenvalue weighted by Crippen LogP contribution is -2.32. The van der Waals surface area contributed by atoms with E-state index in [9.17, 15) is 13.5 Å². The predicted molar refractivity (Wildman–Crippen MR) is 71.2 cm³/mol. The zero-order valence-electron chi connectivity index (χ0n) is 9.57. The third-order valence-electron chi connectivity index (χ3n) is 1.91. The highest BCUT2D eigenvalue weighted by atomic mass is 79.9. The molecule has 1 aromatic rings. The largest absolute Gasteiger partial charge is 0.505 e. The van der Waals surface area contributed by atoms with Crippen molar-refractivity contribution in [3.8, 4) is 5.75 Å². The molecular formula is C10H15BrN2O3S. The summed E-state index contributed by atoms with van der Waals surface area (Å²) in [5, 5.41) is 9.64. The van der Waals surface area contributed by atoms with Gasteiger partial charge in [0.2, 0.25) is 0 Å². The Balaban J connectivity index is 2.80. The van der Waals surface area contributed by atoms with E-state index in [-0.39, 0.29) is 17.4 Å². The number of phenols is 1. The van der Waals surface area contributed by atoms with Crippen molar-refractivity contribution in [3.05, 3.63) is 22.7 Å². The number of nitrogens with one attached hydrogen (secondary N) is 2. The van der Waals surface area contributed by atoms with E-state index >= 15 is 0 Å². The van der Waals surface area contributed by atoms with Crippen molar-refractivity contribution in [2.24, 2.45) is 5.92 Å². The maximum atomic E-state index is 11.6. The van der Waals surface area contributed by atoms with Gasteiger partial charge in [-0.2, -0.15) is 13.1 Å². The van der Waals surface area contributed by atoms with Crippen LogP contribution in [0.5, 0.6) is 5.75 Å². The van der Waals surface area contributed by atoms with Gasteiger partial charge < -0.3 is 5.11 Å². The summed E-state index contributed by atoms with van der Waals surface area (Å²) in [5.41, 5.74) is 0.135. The first-order chi connectivity index (χ1) is 7.82. The molecule has 17 heavy (non-hydrogen) atoms. The fraction of sp³-hybridized carbons (Fsp3) is 0.400. The van der Waals surface area contributed by atoms with Crippen LogP contribution in [0.2, 0.25) is 0 Å². The van der Waals surface area contributed by atoms with Crippen LogP contribution in [0, 0.1) is 5.92 Å². The molecule has 0 aliphatic heterocycles. The molecule has 0 radical (unpaired) electrons. The lowest BCUT2D eigenvalue weighted by atomic mass is 10.2. The second-order valence-corrected chi connectivity index (χ2v) is 6.34. The lowest BCUT2D eigenvalue weighted by molar-refractivity contribution is 0.474. The van der Waals surface area contributed by atoms with E-state index in [4.69, 9.17) is 0 Å². The molecule has 1 rings (SSSR count). The average molecular weight is 323 g/mol. The van der Waals surface area contributed by atoms with Crippen LogP contribution in [0.1, 0.15) is 13.8 Å². The first-order valence-corrected chi connectivity index (χ1v) is 7.34. The molecule has 0 bridgehead atoms. The first-order valence-electron chi connectivity index (χ1n) is 5.06. The number of phenolic OH excluding ortho intramolecular Hbond substituents is 1. The Morgan fingerprint density at radius 1 is 1.41 bits per heavy atom. The molecule has 0 aliphatic rings. The summed E-state index contributed by atoms with van der Waals surface area (Å²) in [6, 6.07) is 4.73. The first kappa shape index (κ1) is 14.3. The molecule has 0 fully saturated rings. The van der Waals surface area contributed by atoms with E-state index in [1.165, 1.54) is 6.07 Å². The van der Waals surface area contributed by atoms with Gasteiger partial charge in [-0.3, -0.25) is 4.72 Å². The second kappa shape index (κ2) is 5.70. The highest BCUT2D eigenvalue weighted by molar-refractivity contribution is 9.10. The van der Waals surface area contributed by atoms with Crippen molar-refractivity contribution in [1.82, 2.24) is 4.72 Å². The highest BCUT2D eigenvalue weighted by Crippen LogP contribution is 2.31. The standard InChI is InChI=1S/C10H15BrN2O3S/c1-7(2)6-12-17(15,16)13-9-5-3-4-8(11)10(9)14/h3-5,7,12-14H,6H2,1-2H3. The van der Waals surface area contributed by atoms with E-state index in [0.29, 0.717) is 11.0 Å². The molecule has 0 saturated heterocycles. The van der Waals surface area contributed by atoms with Gasteiger partial charge in [0.1, 0.15) is 0 Å². The Bertz CT molecular complexity index is 488. The van der Waals surface area contributed by atoms with Gasteiger partial charge in [0.05, 0.1) is 10.2 Å². The van der Waals surface area contributed by atoms with Crippen LogP contribution >= 0.6 is 15.9 Å². The summed E-state index contributed by atoms with van der Waals surface area (Å²) in [4.78, 5) is 0. The van der Waals surface area contributed by atoms with Gasteiger partial charge in [0.25, 0.3) is 10.2 Å². The Morgan fingerprint density at radius 3 is 2.65 bits per heavy atom. The van der Waals surface area contributed by atoms with Gasteiger partial charge in [-0.1, -0.05) is 19.9 Å². The van der Waals surface area contributed by atoms with E-state index in [2.05, 4.69) is 25.4 Å². The lowest BCUT2D eigenvalue weighted by Gasteiger charge is -2.12. The normalized spacial score (nSPS) is 11.8. The number of para-hydroxylation sites is 1. The molecule has 96 valence electrons. The predicted octanol–water partition coefficient (Wildman–Crippen LogP) is 2.06. The van der Waals surface area contributed by atoms with Crippen LogP contribution in [0.15, 0.2) is 22.7 Å². The molecule has 1 aromatic carbocycles. The maximum absolute atomic E-state index is 11.6. The molecule has 3 N–H and O–H groups in total. The molecule has 0 aromatic heterocycles. The van der Waals surface area contributed by atoms with Gasteiger partial charge in [0.15, 0.2) is 5.75 Å². The number of benzene rings is 1. The van der Waals surface area contributed by atoms with Gasteiger partial charge in [0, 0.05) is 6.54 Å². The smallest absolute Gasteiger partial charge is 0.299 e. The van der Waals surface area contributed by atoms with Gasteiger partial charge in [-0.15, -0.1) is 0 Å². The molecule has 0 atom stereocenters. The molecular weight excluding hydrogens is 308 g/mol. The summed E-state index contributed by atoms with van der Waals surface area (Å²) in [6.07, 6.45) is 0. The molecule has 5 nitrogen and oxygen atoms in total. The Hall–Kier alpha value is -0.790. The third-order valence-corrected chi connectivity index (χ3v) is 3.59. The number of hydrogen-bond acceptors (Lipinski definition) is 3. The minimum atomic E-state index is -3.65. The van der Waals surface area contributed by atoms with Crippen LogP contribution in [0.25, 0.3) is 0 Å². The van der Waals surface area contributed by atoms with Crippen LogP contribution in [-0.4, -0.2) is 20.1 Å². The second-order valence-electron chi connectivity index (χ2n) is 3.98. The fourth-order valence-corrected chi connectivity index (χ4v) is 2.50. The Labute approximate surface area is 110 Å². The highest BCUT2D eigenvalue weighted by Gasteiger charge is 2.13. The fourth-order valence-electron chi connectivity index (χ4n) is 1.05. The van der Waals surface area contributed by atoms with Gasteiger partial charge in [-0.05, 0) is 34.0 Å². The van der Waals surface area contributed by atoms with Crippen molar-refractivity contribution < 1.29 is 13.5 Å². The van der Waals surface area contributed by atoms with Crippen LogP contribution in [-0.2, 0) is 10.2 Å². The third kappa shape index (κ3) is 4.53. The van der Waals surface area contributed by atoms with E-state index in [1.54, 1.807) is 12.1 Å². The van der Waals surface area contributed by atoms with E-state index in [1.807, 2.05) is 13.8 Å². The quantitative estimate of drug-likeness (QED) is 0.726. The molecule has 7 heteroatoms. The molecule has 0 amide bonds. The van der Waals surface area contributed by atoms with Crippen LogP contribution < -0.4 is 9.44 Å². The molecule has 0 aliphatic carbocycles. The molecule has 0 spiro atoms. The number of rotatable bonds is 5. The SMILES string of the molecule is CC(C)CNS(=O)(=O)Nc1cccc(Br)c1O. The number of halogens is 1. The maximum Gasteiger partial charge on any atom is 0.299 e. The van der Waals surface area contributed by atoms with Crippen LogP contribution in [0.3, 0.4) is 0 Å². The summed E-state index contributed by atoms with van der Waals surface area (Å²) in [6.45, 7) is 4.14. The van der Waals surface area contributed by atoms with Crippen LogP contribution in [0.4, 0.5) is 5.69 Å². The van der Waals surface area contributed by atoms with E-state index < -0.39 is 10.2 Å². The van der Waals surface area contributed by atoms with Gasteiger partial charge >= 0.3 is 0 Å². The topological polar surface area (TPSA) is 78.4 Å². The summed E-state index contributed by atoms with van der Waals surface area (Å²) in [5.74, 6) is 0.0742. The summed E-state index contributed by atoms with van der Waals surface area (Å²) < 4.78 is 28.3. The monoisotopic (exact) mass is 322 g/mol. The zero-order chi connectivity index (χ0) is 13.1. The summed E-state index contributed by atoms with van der Waals surface area (Å²) in [7, 11) is -3.65. The number of aromatic hydroxyl groups is 1. The van der Waals surface area contributed by atoms with Crippen molar-refractivity contribution in [1.29, 1.82) is 0 Å². The molecule has 0 heterocycles. The summed E-state index contributed by atoms with van der Waals surface area (Å²) >= 11 is 3.11. The molecule has 0 saturated carbocycles. The number of anilines is 1. The van der Waals surface area contributed by atoms with E-state index in [0.717, 1.165) is 0 Å².